The van der Waals surface area contributed by atoms with Crippen LogP contribution in [-0.4, -0.2) is 13.7 Å². The second kappa shape index (κ2) is 7.25. The molecular formula is C16H20BrNOS. The van der Waals surface area contributed by atoms with Crippen molar-refractivity contribution in [2.75, 3.05) is 13.7 Å². The molecular weight excluding hydrogens is 334 g/mol. The Kier molecular flexibility index (Phi) is 5.64. The molecule has 1 unspecified atom stereocenters. The topological polar surface area (TPSA) is 21.3 Å². The fraction of sp³-hybridized carbons (Fsp3) is 0.375. The van der Waals surface area contributed by atoms with Gasteiger partial charge < -0.3 is 10.1 Å². The zero-order valence-corrected chi connectivity index (χ0v) is 14.5. The van der Waals surface area contributed by atoms with Gasteiger partial charge in [0.2, 0.25) is 0 Å². The van der Waals surface area contributed by atoms with E-state index in [1.165, 1.54) is 19.8 Å². The van der Waals surface area contributed by atoms with E-state index >= 15 is 0 Å². The van der Waals surface area contributed by atoms with Gasteiger partial charge in [-0.1, -0.05) is 19.1 Å². The Bertz CT molecular complexity index is 550. The van der Waals surface area contributed by atoms with E-state index in [0.717, 1.165) is 18.7 Å². The van der Waals surface area contributed by atoms with Gasteiger partial charge in [-0.25, -0.2) is 0 Å². The molecule has 4 heteroatoms. The summed E-state index contributed by atoms with van der Waals surface area (Å²) in [6, 6.07) is 10.7. The van der Waals surface area contributed by atoms with Gasteiger partial charge in [0.05, 0.1) is 13.2 Å². The van der Waals surface area contributed by atoms with Crippen molar-refractivity contribution >= 4 is 27.3 Å². The molecule has 2 nitrogen and oxygen atoms in total. The molecule has 1 aromatic heterocycles. The lowest BCUT2D eigenvalue weighted by Crippen LogP contribution is -2.22. The van der Waals surface area contributed by atoms with Crippen molar-refractivity contribution in [1.29, 1.82) is 0 Å². The van der Waals surface area contributed by atoms with Crippen LogP contribution in [0.25, 0.3) is 0 Å². The first kappa shape index (κ1) is 15.5. The first-order valence-electron chi connectivity index (χ1n) is 6.79. The Morgan fingerprint density at radius 2 is 2.00 bits per heavy atom. The summed E-state index contributed by atoms with van der Waals surface area (Å²) < 4.78 is 6.42. The number of aryl methyl sites for hydroxylation is 1. The van der Waals surface area contributed by atoms with E-state index in [1.807, 2.05) is 23.5 Å². The van der Waals surface area contributed by atoms with Crippen LogP contribution in [0.2, 0.25) is 0 Å². The monoisotopic (exact) mass is 353 g/mol. The van der Waals surface area contributed by atoms with Crippen LogP contribution >= 0.6 is 27.3 Å². The molecule has 20 heavy (non-hydrogen) atoms. The summed E-state index contributed by atoms with van der Waals surface area (Å²) in [6.45, 7) is 5.33. The molecule has 1 atom stereocenters. The molecule has 0 radical (unpaired) electrons. The SMILES string of the molecule is CCCNC(c1ccc(OC)cc1)c1sc(C)cc1Br. The molecule has 2 aromatic rings. The highest BCUT2D eigenvalue weighted by atomic mass is 79.9. The fourth-order valence-corrected chi connectivity index (χ4v) is 4.13. The lowest BCUT2D eigenvalue weighted by Gasteiger charge is -2.19. The number of hydrogen-bond donors (Lipinski definition) is 1. The number of rotatable bonds is 6. The van der Waals surface area contributed by atoms with Crippen LogP contribution in [0.4, 0.5) is 0 Å². The van der Waals surface area contributed by atoms with E-state index < -0.39 is 0 Å². The third-order valence-electron chi connectivity index (χ3n) is 3.15. The van der Waals surface area contributed by atoms with Crippen molar-refractivity contribution in [3.8, 4) is 5.75 Å². The fourth-order valence-electron chi connectivity index (χ4n) is 2.15. The lowest BCUT2D eigenvalue weighted by molar-refractivity contribution is 0.414. The highest BCUT2D eigenvalue weighted by Gasteiger charge is 2.18. The van der Waals surface area contributed by atoms with Gasteiger partial charge >= 0.3 is 0 Å². The Hall–Kier alpha value is -0.840. The van der Waals surface area contributed by atoms with Crippen LogP contribution in [0.1, 0.15) is 34.7 Å². The molecule has 0 aliphatic carbocycles. The normalized spacial score (nSPS) is 12.4. The van der Waals surface area contributed by atoms with Gasteiger partial charge in [-0.15, -0.1) is 11.3 Å². The van der Waals surface area contributed by atoms with Crippen molar-refractivity contribution in [1.82, 2.24) is 5.32 Å². The molecule has 0 amide bonds. The number of halogens is 1. The Balaban J connectivity index is 2.33. The van der Waals surface area contributed by atoms with Gasteiger partial charge in [-0.3, -0.25) is 0 Å². The van der Waals surface area contributed by atoms with Crippen molar-refractivity contribution in [3.05, 3.63) is 50.1 Å². The van der Waals surface area contributed by atoms with Crippen molar-refractivity contribution in [2.45, 2.75) is 26.3 Å². The van der Waals surface area contributed by atoms with E-state index in [0.29, 0.717) is 0 Å². The van der Waals surface area contributed by atoms with Gasteiger partial charge in [-0.2, -0.15) is 0 Å². The molecule has 0 bridgehead atoms. The summed E-state index contributed by atoms with van der Waals surface area (Å²) in [5, 5.41) is 3.63. The van der Waals surface area contributed by atoms with Crippen molar-refractivity contribution in [3.63, 3.8) is 0 Å². The van der Waals surface area contributed by atoms with Crippen LogP contribution in [0.3, 0.4) is 0 Å². The average Bonchev–Trinajstić information content (AvgIpc) is 2.79. The summed E-state index contributed by atoms with van der Waals surface area (Å²) in [7, 11) is 1.70. The Morgan fingerprint density at radius 1 is 1.30 bits per heavy atom. The first-order valence-corrected chi connectivity index (χ1v) is 8.39. The van der Waals surface area contributed by atoms with E-state index in [-0.39, 0.29) is 6.04 Å². The summed E-state index contributed by atoms with van der Waals surface area (Å²) in [5.41, 5.74) is 1.27. The molecule has 108 valence electrons. The predicted octanol–water partition coefficient (Wildman–Crippen LogP) is 4.92. The molecule has 0 aliphatic rings. The number of methoxy groups -OCH3 is 1. The standard InChI is InChI=1S/C16H20BrNOS/c1-4-9-18-15(16-14(17)10-11(2)20-16)12-5-7-13(19-3)8-6-12/h5-8,10,15,18H,4,9H2,1-3H3. The zero-order valence-electron chi connectivity index (χ0n) is 12.1. The molecule has 0 fully saturated rings. The summed E-state index contributed by atoms with van der Waals surface area (Å²) in [5.74, 6) is 0.893. The number of hydrogen-bond acceptors (Lipinski definition) is 3. The summed E-state index contributed by atoms with van der Waals surface area (Å²) in [6.07, 6.45) is 1.12. The molecule has 2 rings (SSSR count). The van der Waals surface area contributed by atoms with E-state index in [4.69, 9.17) is 4.74 Å². The third kappa shape index (κ3) is 3.62. The van der Waals surface area contributed by atoms with Crippen LogP contribution in [0.15, 0.2) is 34.8 Å². The smallest absolute Gasteiger partial charge is 0.118 e. The third-order valence-corrected chi connectivity index (χ3v) is 5.18. The van der Waals surface area contributed by atoms with E-state index in [9.17, 15) is 0 Å². The number of benzene rings is 1. The molecule has 0 spiro atoms. The van der Waals surface area contributed by atoms with Gasteiger partial charge in [0, 0.05) is 14.2 Å². The van der Waals surface area contributed by atoms with E-state index in [1.54, 1.807) is 7.11 Å². The van der Waals surface area contributed by atoms with Crippen LogP contribution < -0.4 is 10.1 Å². The highest BCUT2D eigenvalue weighted by molar-refractivity contribution is 9.10. The average molecular weight is 354 g/mol. The lowest BCUT2D eigenvalue weighted by atomic mass is 10.0. The minimum absolute atomic E-state index is 0.230. The van der Waals surface area contributed by atoms with Gasteiger partial charge in [0.25, 0.3) is 0 Å². The Morgan fingerprint density at radius 3 is 2.50 bits per heavy atom. The van der Waals surface area contributed by atoms with Gasteiger partial charge in [-0.05, 0) is 59.6 Å². The summed E-state index contributed by atoms with van der Waals surface area (Å²) in [4.78, 5) is 2.66. The van der Waals surface area contributed by atoms with Gasteiger partial charge in [0.1, 0.15) is 5.75 Å². The van der Waals surface area contributed by atoms with Crippen LogP contribution in [0, 0.1) is 6.92 Å². The zero-order chi connectivity index (χ0) is 14.5. The molecule has 1 aromatic carbocycles. The molecule has 0 aliphatic heterocycles. The number of thiophene rings is 1. The van der Waals surface area contributed by atoms with E-state index in [2.05, 4.69) is 53.3 Å². The largest absolute Gasteiger partial charge is 0.497 e. The molecule has 0 saturated carbocycles. The maximum atomic E-state index is 5.24. The minimum atomic E-state index is 0.230. The Labute approximate surface area is 133 Å². The maximum Gasteiger partial charge on any atom is 0.118 e. The highest BCUT2D eigenvalue weighted by Crippen LogP contribution is 2.36. The minimum Gasteiger partial charge on any atom is -0.497 e. The summed E-state index contributed by atoms with van der Waals surface area (Å²) >= 11 is 5.52. The van der Waals surface area contributed by atoms with Gasteiger partial charge in [0.15, 0.2) is 0 Å². The number of nitrogens with one attached hydrogen (secondary N) is 1. The molecule has 1 N–H and O–H groups in total. The number of ether oxygens (including phenoxy) is 1. The quantitative estimate of drug-likeness (QED) is 0.795. The maximum absolute atomic E-state index is 5.24. The molecule has 0 saturated heterocycles. The predicted molar refractivity (Wildman–Crippen MR) is 89.9 cm³/mol. The van der Waals surface area contributed by atoms with Crippen molar-refractivity contribution < 1.29 is 4.74 Å². The second-order valence-corrected chi connectivity index (χ2v) is 6.87. The second-order valence-electron chi connectivity index (χ2n) is 4.73. The van der Waals surface area contributed by atoms with Crippen LogP contribution in [0.5, 0.6) is 5.75 Å². The van der Waals surface area contributed by atoms with Crippen molar-refractivity contribution in [2.24, 2.45) is 0 Å². The first-order chi connectivity index (χ1) is 9.65. The molecule has 1 heterocycles. The van der Waals surface area contributed by atoms with Crippen LogP contribution in [-0.2, 0) is 0 Å².